The molecule has 1 atom stereocenters. The number of hydrogen-bond donors (Lipinski definition) is 1. The average molecular weight is 386 g/mol. The maximum absolute atomic E-state index is 12.7. The Morgan fingerprint density at radius 2 is 2.11 bits per heavy atom. The second-order valence-corrected chi connectivity index (χ2v) is 8.57. The predicted molar refractivity (Wildman–Crippen MR) is 103 cm³/mol. The molecule has 4 aliphatic heterocycles. The van der Waals surface area contributed by atoms with Crippen LogP contribution in [0.1, 0.15) is 23.3 Å². The standard InChI is InChI=1S/C19H22N4O3S/c24-17-11-26-6-5-23(17)18-7-13-9-20-14(8-16(13)27-18)19(25)21-15-10-22-3-1-12(15)2-4-22/h7-9,12,15H,1-6,10-11H2,(H,21,25). The number of aromatic nitrogens is 1. The van der Waals surface area contributed by atoms with Crippen LogP contribution in [-0.2, 0) is 9.53 Å². The van der Waals surface area contributed by atoms with Gasteiger partial charge in [-0.1, -0.05) is 0 Å². The highest BCUT2D eigenvalue weighted by molar-refractivity contribution is 7.23. The molecule has 4 aliphatic rings. The Hall–Kier alpha value is -2.03. The molecular formula is C19H22N4O3S. The van der Waals surface area contributed by atoms with Gasteiger partial charge in [-0.3, -0.25) is 19.5 Å². The quantitative estimate of drug-likeness (QED) is 0.865. The highest BCUT2D eigenvalue weighted by atomic mass is 32.1. The first-order chi connectivity index (χ1) is 13.2. The number of carbonyl (C=O) groups is 2. The van der Waals surface area contributed by atoms with Crippen LogP contribution in [-0.4, -0.2) is 67.1 Å². The zero-order chi connectivity index (χ0) is 18.4. The molecule has 1 N–H and O–H groups in total. The smallest absolute Gasteiger partial charge is 0.270 e. The van der Waals surface area contributed by atoms with Crippen LogP contribution in [0, 0.1) is 5.92 Å². The van der Waals surface area contributed by atoms with E-state index >= 15 is 0 Å². The Morgan fingerprint density at radius 1 is 1.26 bits per heavy atom. The summed E-state index contributed by atoms with van der Waals surface area (Å²) in [7, 11) is 0. The molecule has 8 heteroatoms. The van der Waals surface area contributed by atoms with E-state index in [4.69, 9.17) is 4.74 Å². The van der Waals surface area contributed by atoms with Crippen LogP contribution < -0.4 is 10.2 Å². The van der Waals surface area contributed by atoms with Gasteiger partial charge < -0.3 is 15.0 Å². The molecule has 27 heavy (non-hydrogen) atoms. The molecule has 2 aromatic heterocycles. The van der Waals surface area contributed by atoms with E-state index in [1.807, 2.05) is 12.1 Å². The molecule has 6 rings (SSSR count). The van der Waals surface area contributed by atoms with Gasteiger partial charge in [0.2, 0.25) is 0 Å². The number of fused-ring (bicyclic) bond motifs is 4. The fraction of sp³-hybridized carbons (Fsp3) is 0.526. The highest BCUT2D eigenvalue weighted by Gasteiger charge is 2.35. The minimum atomic E-state index is -0.104. The van der Waals surface area contributed by atoms with Gasteiger partial charge in [-0.15, -0.1) is 11.3 Å². The van der Waals surface area contributed by atoms with Gasteiger partial charge in [-0.2, -0.15) is 0 Å². The molecule has 6 heterocycles. The van der Waals surface area contributed by atoms with Crippen molar-refractivity contribution in [3.05, 3.63) is 24.0 Å². The zero-order valence-corrected chi connectivity index (χ0v) is 15.8. The summed E-state index contributed by atoms with van der Waals surface area (Å²) in [5, 5.41) is 5.03. The van der Waals surface area contributed by atoms with Gasteiger partial charge in [-0.25, -0.2) is 0 Å². The first-order valence-electron chi connectivity index (χ1n) is 9.48. The van der Waals surface area contributed by atoms with Crippen molar-refractivity contribution in [1.29, 1.82) is 0 Å². The molecule has 0 radical (unpaired) electrons. The Balaban J connectivity index is 1.34. The van der Waals surface area contributed by atoms with Crippen LogP contribution in [0.15, 0.2) is 18.3 Å². The summed E-state index contributed by atoms with van der Waals surface area (Å²) in [4.78, 5) is 33.3. The summed E-state index contributed by atoms with van der Waals surface area (Å²) in [5.41, 5.74) is 0.445. The molecule has 0 spiro atoms. The van der Waals surface area contributed by atoms with Gasteiger partial charge in [0.15, 0.2) is 0 Å². The number of morpholine rings is 1. The molecule has 0 aromatic carbocycles. The number of anilines is 1. The number of thiophene rings is 1. The zero-order valence-electron chi connectivity index (χ0n) is 15.0. The molecule has 2 amide bonds. The Morgan fingerprint density at radius 3 is 2.85 bits per heavy atom. The van der Waals surface area contributed by atoms with Crippen molar-refractivity contribution in [2.24, 2.45) is 5.92 Å². The van der Waals surface area contributed by atoms with E-state index in [9.17, 15) is 9.59 Å². The number of pyridine rings is 1. The number of rotatable bonds is 3. The maximum Gasteiger partial charge on any atom is 0.270 e. The fourth-order valence-electron chi connectivity index (χ4n) is 4.30. The van der Waals surface area contributed by atoms with Gasteiger partial charge in [-0.05, 0) is 44.0 Å². The number of carbonyl (C=O) groups excluding carboxylic acids is 2. The van der Waals surface area contributed by atoms with Crippen molar-refractivity contribution in [3.63, 3.8) is 0 Å². The van der Waals surface area contributed by atoms with E-state index in [0.717, 1.165) is 34.7 Å². The monoisotopic (exact) mass is 386 g/mol. The van der Waals surface area contributed by atoms with Crippen molar-refractivity contribution >= 4 is 38.2 Å². The summed E-state index contributed by atoms with van der Waals surface area (Å²) in [5.74, 6) is 0.456. The lowest BCUT2D eigenvalue weighted by molar-refractivity contribution is -0.125. The molecule has 0 aliphatic carbocycles. The lowest BCUT2D eigenvalue weighted by Gasteiger charge is -2.44. The van der Waals surface area contributed by atoms with E-state index in [2.05, 4.69) is 15.2 Å². The first kappa shape index (κ1) is 17.1. The van der Waals surface area contributed by atoms with Gasteiger partial charge in [0, 0.05) is 28.9 Å². The number of piperidine rings is 3. The SMILES string of the molecule is O=C(NC1CN2CCC1CC2)c1cc2sc(N3CCOCC3=O)cc2cn1. The Kier molecular flexibility index (Phi) is 4.34. The van der Waals surface area contributed by atoms with E-state index in [1.165, 1.54) is 24.2 Å². The largest absolute Gasteiger partial charge is 0.370 e. The van der Waals surface area contributed by atoms with Crippen molar-refractivity contribution < 1.29 is 14.3 Å². The number of nitrogens with one attached hydrogen (secondary N) is 1. The van der Waals surface area contributed by atoms with E-state index < -0.39 is 0 Å². The maximum atomic E-state index is 12.7. The van der Waals surface area contributed by atoms with Crippen LogP contribution >= 0.6 is 11.3 Å². The fourth-order valence-corrected chi connectivity index (χ4v) is 5.41. The van der Waals surface area contributed by atoms with Crippen molar-refractivity contribution in [1.82, 2.24) is 15.2 Å². The molecule has 2 bridgehead atoms. The van der Waals surface area contributed by atoms with Crippen LogP contribution in [0.2, 0.25) is 0 Å². The topological polar surface area (TPSA) is 74.8 Å². The molecule has 142 valence electrons. The number of ether oxygens (including phenoxy) is 1. The van der Waals surface area contributed by atoms with Gasteiger partial charge in [0.1, 0.15) is 12.3 Å². The predicted octanol–water partition coefficient (Wildman–Crippen LogP) is 1.48. The summed E-state index contributed by atoms with van der Waals surface area (Å²) in [6, 6.07) is 4.03. The lowest BCUT2D eigenvalue weighted by atomic mass is 9.84. The number of nitrogens with zero attached hydrogens (tertiary/aromatic N) is 3. The van der Waals surface area contributed by atoms with Crippen molar-refractivity contribution in [2.75, 3.05) is 44.3 Å². The van der Waals surface area contributed by atoms with Gasteiger partial charge in [0.05, 0.1) is 18.2 Å². The third-order valence-corrected chi connectivity index (χ3v) is 6.97. The van der Waals surface area contributed by atoms with E-state index in [0.29, 0.717) is 24.8 Å². The first-order valence-corrected chi connectivity index (χ1v) is 10.3. The highest BCUT2D eigenvalue weighted by Crippen LogP contribution is 2.33. The van der Waals surface area contributed by atoms with Crippen molar-refractivity contribution in [3.8, 4) is 0 Å². The second kappa shape index (κ2) is 6.85. The molecule has 7 nitrogen and oxygen atoms in total. The summed E-state index contributed by atoms with van der Waals surface area (Å²) < 4.78 is 6.17. The molecule has 0 saturated carbocycles. The van der Waals surface area contributed by atoms with Crippen LogP contribution in [0.5, 0.6) is 0 Å². The minimum absolute atomic E-state index is 0.0268. The van der Waals surface area contributed by atoms with Gasteiger partial charge >= 0.3 is 0 Å². The van der Waals surface area contributed by atoms with E-state index in [-0.39, 0.29) is 24.5 Å². The summed E-state index contributed by atoms with van der Waals surface area (Å²) >= 11 is 1.52. The second-order valence-electron chi connectivity index (χ2n) is 7.51. The number of hydrogen-bond acceptors (Lipinski definition) is 6. The normalized spacial score (nSPS) is 27.9. The van der Waals surface area contributed by atoms with Crippen molar-refractivity contribution in [2.45, 2.75) is 18.9 Å². The van der Waals surface area contributed by atoms with Crippen LogP contribution in [0.4, 0.5) is 5.00 Å². The summed E-state index contributed by atoms with van der Waals surface area (Å²) in [6.45, 7) is 4.48. The molecular weight excluding hydrogens is 364 g/mol. The van der Waals surface area contributed by atoms with Gasteiger partial charge in [0.25, 0.3) is 11.8 Å². The molecule has 4 fully saturated rings. The third kappa shape index (κ3) is 3.22. The Labute approximate surface area is 161 Å². The summed E-state index contributed by atoms with van der Waals surface area (Å²) in [6.07, 6.45) is 4.06. The third-order valence-electron chi connectivity index (χ3n) is 5.85. The minimum Gasteiger partial charge on any atom is -0.370 e. The van der Waals surface area contributed by atoms with Crippen LogP contribution in [0.25, 0.3) is 10.1 Å². The molecule has 1 unspecified atom stereocenters. The number of amides is 2. The molecule has 4 saturated heterocycles. The van der Waals surface area contributed by atoms with E-state index in [1.54, 1.807) is 11.1 Å². The Bertz CT molecular complexity index is 890. The lowest BCUT2D eigenvalue weighted by Crippen LogP contribution is -2.57. The molecule has 2 aromatic rings. The van der Waals surface area contributed by atoms with Crippen LogP contribution in [0.3, 0.4) is 0 Å². The average Bonchev–Trinajstić information content (AvgIpc) is 3.12.